The topological polar surface area (TPSA) is 56.8 Å². The van der Waals surface area contributed by atoms with Crippen molar-refractivity contribution in [2.75, 3.05) is 6.61 Å². The summed E-state index contributed by atoms with van der Waals surface area (Å²) in [6.07, 6.45) is 2.09. The van der Waals surface area contributed by atoms with Crippen LogP contribution in [0.2, 0.25) is 0 Å². The number of nitrogens with zero attached hydrogens (tertiary/aromatic N) is 2. The number of aryl methyl sites for hydroxylation is 2. The molecule has 0 fully saturated rings. The van der Waals surface area contributed by atoms with Crippen molar-refractivity contribution in [2.24, 2.45) is 0 Å². The highest BCUT2D eigenvalue weighted by atomic mass is 16.5. The van der Waals surface area contributed by atoms with Gasteiger partial charge in [0, 0.05) is 10.8 Å². The van der Waals surface area contributed by atoms with Crippen LogP contribution in [0.4, 0.5) is 0 Å². The molecule has 1 aromatic rings. The van der Waals surface area contributed by atoms with E-state index in [9.17, 15) is 0 Å². The molecule has 15 heavy (non-hydrogen) atoms. The van der Waals surface area contributed by atoms with Crippen LogP contribution in [0.1, 0.15) is 31.9 Å². The molecular formula is C12H18N2O. The van der Waals surface area contributed by atoms with E-state index in [0.29, 0.717) is 0 Å². The van der Waals surface area contributed by atoms with Crippen molar-refractivity contribution in [3.63, 3.8) is 0 Å². The molecule has 0 aliphatic carbocycles. The van der Waals surface area contributed by atoms with Crippen molar-refractivity contribution in [2.45, 2.75) is 33.6 Å². The van der Waals surface area contributed by atoms with Gasteiger partial charge in [-0.2, -0.15) is 0 Å². The molecule has 3 nitrogen and oxygen atoms in total. The Morgan fingerprint density at radius 3 is 1.80 bits per heavy atom. The zero-order valence-electron chi connectivity index (χ0n) is 9.66. The Kier molecular flexibility index (Phi) is 7.00. The van der Waals surface area contributed by atoms with Crippen LogP contribution in [0.25, 0.3) is 0 Å². The van der Waals surface area contributed by atoms with E-state index in [1.807, 2.05) is 6.92 Å². The van der Waals surface area contributed by atoms with Gasteiger partial charge in [0.2, 0.25) is 0 Å². The fourth-order valence-corrected chi connectivity index (χ4v) is 1.52. The lowest BCUT2D eigenvalue weighted by molar-refractivity contribution is 0.333. The van der Waals surface area contributed by atoms with Gasteiger partial charge in [-0.05, 0) is 30.9 Å². The zero-order valence-corrected chi connectivity index (χ0v) is 9.66. The minimum atomic E-state index is 0.754. The second-order valence-electron chi connectivity index (χ2n) is 3.05. The summed E-state index contributed by atoms with van der Waals surface area (Å²) >= 11 is 0. The average molecular weight is 206 g/mol. The predicted molar refractivity (Wildman–Crippen MR) is 59.8 cm³/mol. The van der Waals surface area contributed by atoms with Gasteiger partial charge in [-0.25, -0.2) is 0 Å². The van der Waals surface area contributed by atoms with Crippen LogP contribution in [-0.2, 0) is 12.8 Å². The number of benzene rings is 1. The normalized spacial score (nSPS) is 8.87. The summed E-state index contributed by atoms with van der Waals surface area (Å²) in [5.41, 5.74) is 2.64. The van der Waals surface area contributed by atoms with Gasteiger partial charge in [0.05, 0.1) is 6.61 Å². The molecule has 0 aliphatic heterocycles. The summed E-state index contributed by atoms with van der Waals surface area (Å²) in [5, 5.41) is 12.0. The van der Waals surface area contributed by atoms with Crippen LogP contribution in [-0.4, -0.2) is 6.61 Å². The molecule has 0 radical (unpaired) electrons. The number of hydrogen-bond acceptors (Lipinski definition) is 3. The van der Waals surface area contributed by atoms with Crippen molar-refractivity contribution in [1.82, 2.24) is 0 Å². The van der Waals surface area contributed by atoms with Gasteiger partial charge < -0.3 is 4.74 Å². The van der Waals surface area contributed by atoms with Crippen LogP contribution in [0.15, 0.2) is 18.2 Å². The molecule has 1 aromatic carbocycles. The zero-order chi connectivity index (χ0) is 11.7. The molecule has 0 unspecified atom stereocenters. The van der Waals surface area contributed by atoms with Gasteiger partial charge in [-0.3, -0.25) is 0 Å². The largest absolute Gasteiger partial charge is 0.493 e. The molecule has 0 aromatic heterocycles. The van der Waals surface area contributed by atoms with E-state index in [1.54, 1.807) is 0 Å². The molecule has 0 aliphatic rings. The van der Waals surface area contributed by atoms with Gasteiger partial charge in [0.1, 0.15) is 5.75 Å². The second-order valence-corrected chi connectivity index (χ2v) is 3.05. The molecule has 0 spiro atoms. The number of hydrogen-bond donors (Lipinski definition) is 0. The first kappa shape index (κ1) is 13.4. The third kappa shape index (κ3) is 3.59. The smallest absolute Gasteiger partial charge is 0.125 e. The van der Waals surface area contributed by atoms with Crippen molar-refractivity contribution in [1.29, 1.82) is 10.8 Å². The maximum atomic E-state index is 6.00. The molecule has 3 heteroatoms. The summed E-state index contributed by atoms with van der Waals surface area (Å²) in [6.45, 7) is 7.12. The highest BCUT2D eigenvalue weighted by Gasteiger charge is 2.05. The summed E-state index contributed by atoms with van der Waals surface area (Å²) in [6, 6.07) is 6.40. The van der Waals surface area contributed by atoms with Crippen LogP contribution in [0.5, 0.6) is 5.75 Å². The lowest BCUT2D eigenvalue weighted by Crippen LogP contribution is -1.99. The Bertz CT molecular complexity index is 285. The molecule has 0 N–H and O–H groups in total. The van der Waals surface area contributed by atoms with Crippen molar-refractivity contribution in [3.8, 4) is 5.75 Å². The van der Waals surface area contributed by atoms with Gasteiger partial charge >= 0.3 is 0 Å². The van der Waals surface area contributed by atoms with Gasteiger partial charge in [-0.15, -0.1) is 0 Å². The van der Waals surface area contributed by atoms with Crippen molar-refractivity contribution in [3.05, 3.63) is 29.3 Å². The highest BCUT2D eigenvalue weighted by Crippen LogP contribution is 2.24. The Balaban J connectivity index is 0.000000921. The quantitative estimate of drug-likeness (QED) is 0.710. The summed E-state index contributed by atoms with van der Waals surface area (Å²) < 4.78 is 5.65. The van der Waals surface area contributed by atoms with E-state index in [4.69, 9.17) is 15.5 Å². The summed E-state index contributed by atoms with van der Waals surface area (Å²) in [7, 11) is 0. The van der Waals surface area contributed by atoms with E-state index in [2.05, 4.69) is 32.0 Å². The summed E-state index contributed by atoms with van der Waals surface area (Å²) in [5.74, 6) is 1.11. The second kappa shape index (κ2) is 7.81. The van der Waals surface area contributed by atoms with Crippen LogP contribution in [0, 0.1) is 10.8 Å². The Labute approximate surface area is 91.5 Å². The van der Waals surface area contributed by atoms with Crippen LogP contribution in [0.3, 0.4) is 0 Å². The SMILES string of the molecule is CCOc1c(CC)cccc1CC.N#N. The fourth-order valence-electron chi connectivity index (χ4n) is 1.52. The molecule has 0 atom stereocenters. The standard InChI is InChI=1S/C12H18O.N2/c1-4-10-8-7-9-11(5-2)12(10)13-6-3;1-2/h7-9H,4-6H2,1-3H3;. The van der Waals surface area contributed by atoms with Crippen molar-refractivity contribution >= 4 is 0 Å². The number of rotatable bonds is 4. The Hall–Kier alpha value is -1.56. The minimum Gasteiger partial charge on any atom is -0.493 e. The van der Waals surface area contributed by atoms with E-state index in [-0.39, 0.29) is 0 Å². The van der Waals surface area contributed by atoms with Crippen molar-refractivity contribution < 1.29 is 4.74 Å². The average Bonchev–Trinajstić information content (AvgIpc) is 2.32. The lowest BCUT2D eigenvalue weighted by Gasteiger charge is -2.12. The minimum absolute atomic E-state index is 0.754. The predicted octanol–water partition coefficient (Wildman–Crippen LogP) is 3.24. The van der Waals surface area contributed by atoms with Gasteiger partial charge in [-0.1, -0.05) is 32.0 Å². The van der Waals surface area contributed by atoms with Crippen LogP contribution >= 0.6 is 0 Å². The molecule has 0 heterocycles. The maximum absolute atomic E-state index is 6.00. The molecular weight excluding hydrogens is 188 g/mol. The first-order valence-corrected chi connectivity index (χ1v) is 5.27. The fraction of sp³-hybridized carbons (Fsp3) is 0.500. The third-order valence-electron chi connectivity index (χ3n) is 2.23. The first-order chi connectivity index (χ1) is 7.33. The van der Waals surface area contributed by atoms with Gasteiger partial charge in [0.15, 0.2) is 0 Å². The molecule has 82 valence electrons. The van der Waals surface area contributed by atoms with Crippen LogP contribution < -0.4 is 4.74 Å². The Morgan fingerprint density at radius 1 is 1.00 bits per heavy atom. The third-order valence-corrected chi connectivity index (χ3v) is 2.23. The monoisotopic (exact) mass is 206 g/mol. The number of ether oxygens (including phenoxy) is 1. The maximum Gasteiger partial charge on any atom is 0.125 e. The molecule has 0 saturated heterocycles. The first-order valence-electron chi connectivity index (χ1n) is 5.27. The van der Waals surface area contributed by atoms with E-state index < -0.39 is 0 Å². The van der Waals surface area contributed by atoms with E-state index >= 15 is 0 Å². The molecule has 1 rings (SSSR count). The lowest BCUT2D eigenvalue weighted by atomic mass is 10.1. The number of para-hydroxylation sites is 1. The molecule has 0 amide bonds. The van der Waals surface area contributed by atoms with Gasteiger partial charge in [0.25, 0.3) is 0 Å². The van der Waals surface area contributed by atoms with E-state index in [0.717, 1.165) is 25.2 Å². The summed E-state index contributed by atoms with van der Waals surface area (Å²) in [4.78, 5) is 0. The highest BCUT2D eigenvalue weighted by molar-refractivity contribution is 5.41. The van der Waals surface area contributed by atoms with E-state index in [1.165, 1.54) is 11.1 Å². The molecule has 0 saturated carbocycles. The molecule has 0 bridgehead atoms. The Morgan fingerprint density at radius 2 is 1.47 bits per heavy atom.